The summed E-state index contributed by atoms with van der Waals surface area (Å²) >= 11 is 0. The van der Waals surface area contributed by atoms with Gasteiger partial charge in [0.25, 0.3) is 0 Å². The molecule has 2 atom stereocenters. The summed E-state index contributed by atoms with van der Waals surface area (Å²) in [5, 5.41) is 8.01. The van der Waals surface area contributed by atoms with Crippen LogP contribution in [0.15, 0.2) is 21.9 Å². The van der Waals surface area contributed by atoms with E-state index in [-0.39, 0.29) is 0 Å². The first-order chi connectivity index (χ1) is 7.47. The summed E-state index contributed by atoms with van der Waals surface area (Å²) in [7, 11) is 1.75. The van der Waals surface area contributed by atoms with Crippen molar-refractivity contribution < 1.29 is 0 Å². The molecule has 0 spiro atoms. The summed E-state index contributed by atoms with van der Waals surface area (Å²) in [5.41, 5.74) is 2.03. The number of nitrogens with zero attached hydrogens (tertiary/aromatic N) is 2. The molecule has 0 heterocycles. The molecular formula is C14H26N2. The van der Waals surface area contributed by atoms with E-state index in [4.69, 9.17) is 0 Å². The third kappa shape index (κ3) is 3.43. The van der Waals surface area contributed by atoms with E-state index in [0.29, 0.717) is 11.5 Å². The fourth-order valence-corrected chi connectivity index (χ4v) is 2.84. The highest BCUT2D eigenvalue weighted by molar-refractivity contribution is 5.17. The predicted molar refractivity (Wildman–Crippen MR) is 69.7 cm³/mol. The maximum absolute atomic E-state index is 4.16. The van der Waals surface area contributed by atoms with Gasteiger partial charge < -0.3 is 0 Å². The SMILES string of the molecule is CN=NC(C)CC=C1C(C)CCCC1(C)C. The highest BCUT2D eigenvalue weighted by atomic mass is 15.1. The first kappa shape index (κ1) is 13.4. The van der Waals surface area contributed by atoms with Crippen LogP contribution in [0.3, 0.4) is 0 Å². The largest absolute Gasteiger partial charge is 0.197 e. The van der Waals surface area contributed by atoms with Crippen molar-refractivity contribution in [1.82, 2.24) is 0 Å². The molecule has 1 aliphatic rings. The number of rotatable bonds is 3. The van der Waals surface area contributed by atoms with E-state index in [1.165, 1.54) is 19.3 Å². The highest BCUT2D eigenvalue weighted by Crippen LogP contribution is 2.43. The lowest BCUT2D eigenvalue weighted by atomic mass is 9.68. The van der Waals surface area contributed by atoms with Gasteiger partial charge in [0.15, 0.2) is 0 Å². The molecule has 0 aromatic heterocycles. The first-order valence-corrected chi connectivity index (χ1v) is 6.47. The second kappa shape index (κ2) is 5.60. The molecule has 0 saturated heterocycles. The van der Waals surface area contributed by atoms with Crippen LogP contribution < -0.4 is 0 Å². The predicted octanol–water partition coefficient (Wildman–Crippen LogP) is 4.62. The zero-order chi connectivity index (χ0) is 12.2. The van der Waals surface area contributed by atoms with Crippen LogP contribution in [0.4, 0.5) is 0 Å². The number of allylic oxidation sites excluding steroid dienone is 1. The Kier molecular flexibility index (Phi) is 4.69. The van der Waals surface area contributed by atoms with Crippen LogP contribution in [0.1, 0.15) is 53.4 Å². The molecule has 0 bridgehead atoms. The second-order valence-corrected chi connectivity index (χ2v) is 5.74. The maximum Gasteiger partial charge on any atom is 0.0714 e. The van der Waals surface area contributed by atoms with Gasteiger partial charge >= 0.3 is 0 Å². The van der Waals surface area contributed by atoms with Gasteiger partial charge in [-0.25, -0.2) is 0 Å². The van der Waals surface area contributed by atoms with Crippen molar-refractivity contribution in [3.63, 3.8) is 0 Å². The quantitative estimate of drug-likeness (QED) is 0.492. The number of hydrogen-bond donors (Lipinski definition) is 0. The van der Waals surface area contributed by atoms with E-state index < -0.39 is 0 Å². The van der Waals surface area contributed by atoms with Gasteiger partial charge in [-0.1, -0.05) is 38.8 Å². The van der Waals surface area contributed by atoms with Gasteiger partial charge in [-0.15, -0.1) is 0 Å². The summed E-state index contributed by atoms with van der Waals surface area (Å²) < 4.78 is 0. The van der Waals surface area contributed by atoms with Crippen LogP contribution in [0.2, 0.25) is 0 Å². The number of azo groups is 1. The Hall–Kier alpha value is -0.660. The van der Waals surface area contributed by atoms with Crippen molar-refractivity contribution >= 4 is 0 Å². The van der Waals surface area contributed by atoms with Crippen LogP contribution in [0.5, 0.6) is 0 Å². The molecule has 1 aliphatic carbocycles. The topological polar surface area (TPSA) is 24.7 Å². The molecule has 0 amide bonds. The highest BCUT2D eigenvalue weighted by Gasteiger charge is 2.30. The minimum absolute atomic E-state index is 0.322. The second-order valence-electron chi connectivity index (χ2n) is 5.74. The minimum Gasteiger partial charge on any atom is -0.197 e. The lowest BCUT2D eigenvalue weighted by molar-refractivity contribution is 0.288. The van der Waals surface area contributed by atoms with Crippen LogP contribution in [-0.2, 0) is 0 Å². The van der Waals surface area contributed by atoms with Crippen molar-refractivity contribution in [1.29, 1.82) is 0 Å². The molecule has 0 N–H and O–H groups in total. The van der Waals surface area contributed by atoms with Gasteiger partial charge in [-0.2, -0.15) is 10.2 Å². The lowest BCUT2D eigenvalue weighted by Crippen LogP contribution is -2.25. The molecule has 0 radical (unpaired) electrons. The first-order valence-electron chi connectivity index (χ1n) is 6.47. The van der Waals surface area contributed by atoms with Gasteiger partial charge in [-0.05, 0) is 37.5 Å². The molecule has 2 heteroatoms. The smallest absolute Gasteiger partial charge is 0.0714 e. The summed E-state index contributed by atoms with van der Waals surface area (Å²) in [4.78, 5) is 0. The molecule has 92 valence electrons. The van der Waals surface area contributed by atoms with Gasteiger partial charge in [0.05, 0.1) is 6.04 Å². The Balaban J connectivity index is 2.70. The molecule has 0 aromatic rings. The van der Waals surface area contributed by atoms with Crippen molar-refractivity contribution in [3.8, 4) is 0 Å². The summed E-state index contributed by atoms with van der Waals surface area (Å²) in [6.45, 7) is 9.24. The molecule has 2 nitrogen and oxygen atoms in total. The molecule has 0 aliphatic heterocycles. The lowest BCUT2D eigenvalue weighted by Gasteiger charge is -2.37. The zero-order valence-corrected chi connectivity index (χ0v) is 11.5. The van der Waals surface area contributed by atoms with E-state index in [1.54, 1.807) is 12.6 Å². The molecule has 1 rings (SSSR count). The van der Waals surface area contributed by atoms with Gasteiger partial charge in [-0.3, -0.25) is 0 Å². The van der Waals surface area contributed by atoms with Crippen LogP contribution in [0.25, 0.3) is 0 Å². The Morgan fingerprint density at radius 2 is 2.19 bits per heavy atom. The van der Waals surface area contributed by atoms with Gasteiger partial charge in [0, 0.05) is 7.05 Å². The van der Waals surface area contributed by atoms with E-state index in [0.717, 1.165) is 12.3 Å². The minimum atomic E-state index is 0.322. The molecule has 1 fully saturated rings. The summed E-state index contributed by atoms with van der Waals surface area (Å²) in [6, 6.07) is 0.322. The van der Waals surface area contributed by atoms with Crippen molar-refractivity contribution in [3.05, 3.63) is 11.6 Å². The van der Waals surface area contributed by atoms with Crippen molar-refractivity contribution in [2.75, 3.05) is 7.05 Å². The summed E-state index contributed by atoms with van der Waals surface area (Å²) in [5.74, 6) is 0.745. The average Bonchev–Trinajstić information content (AvgIpc) is 2.16. The average molecular weight is 222 g/mol. The van der Waals surface area contributed by atoms with Crippen LogP contribution in [-0.4, -0.2) is 13.1 Å². The fraction of sp³-hybridized carbons (Fsp3) is 0.857. The van der Waals surface area contributed by atoms with E-state index in [9.17, 15) is 0 Å². The molecule has 1 saturated carbocycles. The van der Waals surface area contributed by atoms with E-state index >= 15 is 0 Å². The van der Waals surface area contributed by atoms with Crippen molar-refractivity contribution in [2.24, 2.45) is 21.6 Å². The van der Waals surface area contributed by atoms with Crippen LogP contribution >= 0.6 is 0 Å². The Bertz CT molecular complexity index is 276. The van der Waals surface area contributed by atoms with Gasteiger partial charge in [0.2, 0.25) is 0 Å². The monoisotopic (exact) mass is 222 g/mol. The fourth-order valence-electron chi connectivity index (χ4n) is 2.84. The number of hydrogen-bond acceptors (Lipinski definition) is 2. The Morgan fingerprint density at radius 3 is 2.75 bits per heavy atom. The third-order valence-corrected chi connectivity index (χ3v) is 3.74. The molecule has 0 aromatic carbocycles. The summed E-state index contributed by atoms with van der Waals surface area (Å²) in [6.07, 6.45) is 7.49. The molecule has 2 unspecified atom stereocenters. The maximum atomic E-state index is 4.16. The van der Waals surface area contributed by atoms with Crippen molar-refractivity contribution in [2.45, 2.75) is 59.4 Å². The standard InChI is InChI=1S/C14H26N2/c1-11-7-6-10-14(3,4)13(11)9-8-12(2)16-15-5/h9,11-12H,6-8,10H2,1-5H3. The molecule has 16 heavy (non-hydrogen) atoms. The van der Waals surface area contributed by atoms with Crippen LogP contribution in [0, 0.1) is 11.3 Å². The Morgan fingerprint density at radius 1 is 1.50 bits per heavy atom. The Labute approximate surface area is 100 Å². The normalized spacial score (nSPS) is 29.8. The zero-order valence-electron chi connectivity index (χ0n) is 11.5. The third-order valence-electron chi connectivity index (χ3n) is 3.74. The van der Waals surface area contributed by atoms with E-state index in [2.05, 4.69) is 44.0 Å². The molecular weight excluding hydrogens is 196 g/mol. The van der Waals surface area contributed by atoms with E-state index in [1.807, 2.05) is 0 Å². The van der Waals surface area contributed by atoms with Gasteiger partial charge in [0.1, 0.15) is 0 Å².